The quantitative estimate of drug-likeness (QED) is 0.180. The number of nitrogens with zero attached hydrogens (tertiary/aromatic N) is 4. The summed E-state index contributed by atoms with van der Waals surface area (Å²) in [4.78, 5) is 15.5. The molecule has 0 saturated heterocycles. The molecule has 0 N–H and O–H groups in total. The first-order valence-corrected chi connectivity index (χ1v) is 19.9. The minimum absolute atomic E-state index is 0.566. The normalized spacial score (nSPS) is 12.2. The number of para-hydroxylation sites is 2. The Balaban J connectivity index is 1.09. The first-order chi connectivity index (χ1) is 28.3. The van der Waals surface area contributed by atoms with Crippen molar-refractivity contribution < 1.29 is 4.42 Å². The summed E-state index contributed by atoms with van der Waals surface area (Å²) in [6.45, 7) is 0. The third-order valence-electron chi connectivity index (χ3n) is 11.6. The summed E-state index contributed by atoms with van der Waals surface area (Å²) in [7, 11) is 0. The van der Waals surface area contributed by atoms with Gasteiger partial charge in [0.05, 0.1) is 22.3 Å². The van der Waals surface area contributed by atoms with Gasteiger partial charge in [-0.2, -0.15) is 0 Å². The standard InChI is InChI=1S/C51H28N4OS/c1-2-11-31(12-3-1)49-52-50(54-51(53-49)37-19-10-18-35-34-17-6-7-20-41(34)56-48(35)37)36-25-28-38(33-16-5-4-15-32(33)36)55-39-26-23-29-13-8-21-42-44(29)46(39)47-40(55)27-24-30-14-9-22-43(57-42)45(30)47/h1-28H. The highest BCUT2D eigenvalue weighted by Crippen LogP contribution is 2.47. The van der Waals surface area contributed by atoms with Crippen LogP contribution in [0, 0.1) is 0 Å². The van der Waals surface area contributed by atoms with Crippen molar-refractivity contribution >= 4 is 96.8 Å². The molecule has 0 unspecified atom stereocenters. The predicted molar refractivity (Wildman–Crippen MR) is 237 cm³/mol. The second-order valence-corrected chi connectivity index (χ2v) is 15.8. The second kappa shape index (κ2) is 11.6. The SMILES string of the molecule is c1ccc(-c2nc(-c3ccc(-n4c5ccc6cccc7sc8cccc9ccc4c(c98)c5c67)c4ccccc34)nc(-c3cccc4c3oc3ccccc34)n2)cc1. The molecule has 0 radical (unpaired) electrons. The van der Waals surface area contributed by atoms with E-state index in [2.05, 4.69) is 120 Å². The summed E-state index contributed by atoms with van der Waals surface area (Å²) in [6.07, 6.45) is 0. The van der Waals surface area contributed by atoms with Crippen molar-refractivity contribution in [3.8, 4) is 39.9 Å². The number of fused-ring (bicyclic) bond motifs is 4. The molecule has 13 rings (SSSR count). The van der Waals surface area contributed by atoms with Gasteiger partial charge in [-0.1, -0.05) is 121 Å². The molecule has 9 aromatic carbocycles. The molecule has 4 aromatic heterocycles. The van der Waals surface area contributed by atoms with E-state index in [4.69, 9.17) is 19.4 Å². The molecule has 0 spiro atoms. The number of rotatable bonds is 4. The largest absolute Gasteiger partial charge is 0.455 e. The van der Waals surface area contributed by atoms with Crippen molar-refractivity contribution in [2.45, 2.75) is 0 Å². The number of aromatic nitrogens is 4. The Kier molecular flexibility index (Phi) is 6.26. The Morgan fingerprint density at radius 1 is 0.404 bits per heavy atom. The lowest BCUT2D eigenvalue weighted by molar-refractivity contribution is 0.669. The monoisotopic (exact) mass is 744 g/mol. The van der Waals surface area contributed by atoms with Gasteiger partial charge < -0.3 is 8.98 Å². The Labute approximate surface area is 329 Å². The van der Waals surface area contributed by atoms with Crippen LogP contribution in [0.1, 0.15) is 0 Å². The maximum absolute atomic E-state index is 6.49. The molecular weight excluding hydrogens is 717 g/mol. The molecule has 0 aliphatic heterocycles. The van der Waals surface area contributed by atoms with Gasteiger partial charge in [0.2, 0.25) is 0 Å². The third kappa shape index (κ3) is 4.36. The molecule has 13 aromatic rings. The first-order valence-electron chi connectivity index (χ1n) is 19.1. The van der Waals surface area contributed by atoms with Crippen molar-refractivity contribution in [3.63, 3.8) is 0 Å². The molecule has 0 saturated carbocycles. The van der Waals surface area contributed by atoms with Crippen LogP contribution in [0.3, 0.4) is 0 Å². The number of benzene rings is 9. The molecule has 0 aliphatic carbocycles. The maximum atomic E-state index is 6.49. The molecule has 0 aliphatic rings. The predicted octanol–water partition coefficient (Wildman–Crippen LogP) is 14.0. The van der Waals surface area contributed by atoms with Crippen LogP contribution in [-0.4, -0.2) is 19.5 Å². The van der Waals surface area contributed by atoms with Gasteiger partial charge in [-0.05, 0) is 64.7 Å². The number of hydrogen-bond acceptors (Lipinski definition) is 5. The van der Waals surface area contributed by atoms with Gasteiger partial charge in [0.25, 0.3) is 0 Å². The van der Waals surface area contributed by atoms with Crippen molar-refractivity contribution in [1.82, 2.24) is 19.5 Å². The fraction of sp³-hybridized carbons (Fsp3) is 0. The molecule has 0 bridgehead atoms. The van der Waals surface area contributed by atoms with Crippen LogP contribution in [0.4, 0.5) is 0 Å². The van der Waals surface area contributed by atoms with Crippen LogP contribution in [0.25, 0.3) is 125 Å². The molecule has 57 heavy (non-hydrogen) atoms. The van der Waals surface area contributed by atoms with Crippen LogP contribution >= 0.6 is 11.3 Å². The summed E-state index contributed by atoms with van der Waals surface area (Å²) in [5.41, 5.74) is 7.78. The van der Waals surface area contributed by atoms with Crippen LogP contribution in [0.15, 0.2) is 174 Å². The van der Waals surface area contributed by atoms with E-state index in [1.807, 2.05) is 65.9 Å². The lowest BCUT2D eigenvalue weighted by Gasteiger charge is -2.15. The van der Waals surface area contributed by atoms with Gasteiger partial charge in [-0.15, -0.1) is 11.3 Å². The van der Waals surface area contributed by atoms with E-state index in [1.54, 1.807) is 0 Å². The molecule has 0 fully saturated rings. The van der Waals surface area contributed by atoms with Gasteiger partial charge in [-0.25, -0.2) is 15.0 Å². The van der Waals surface area contributed by atoms with E-state index in [9.17, 15) is 0 Å². The second-order valence-electron chi connectivity index (χ2n) is 14.7. The molecular formula is C51H28N4OS. The van der Waals surface area contributed by atoms with Crippen LogP contribution in [-0.2, 0) is 0 Å². The molecule has 264 valence electrons. The highest BCUT2D eigenvalue weighted by atomic mass is 32.1. The topological polar surface area (TPSA) is 56.7 Å². The van der Waals surface area contributed by atoms with E-state index < -0.39 is 0 Å². The van der Waals surface area contributed by atoms with Crippen LogP contribution in [0.5, 0.6) is 0 Å². The fourth-order valence-electron chi connectivity index (χ4n) is 9.16. The fourth-order valence-corrected chi connectivity index (χ4v) is 10.3. The zero-order valence-electron chi connectivity index (χ0n) is 30.3. The van der Waals surface area contributed by atoms with Crippen LogP contribution in [0.2, 0.25) is 0 Å². The lowest BCUT2D eigenvalue weighted by Crippen LogP contribution is -2.02. The maximum Gasteiger partial charge on any atom is 0.167 e. The average molecular weight is 745 g/mol. The summed E-state index contributed by atoms with van der Waals surface area (Å²) in [5, 5.41) is 12.1. The van der Waals surface area contributed by atoms with E-state index in [-0.39, 0.29) is 0 Å². The first kappa shape index (κ1) is 30.9. The van der Waals surface area contributed by atoms with Crippen molar-refractivity contribution in [2.75, 3.05) is 0 Å². The third-order valence-corrected chi connectivity index (χ3v) is 12.7. The van der Waals surface area contributed by atoms with E-state index >= 15 is 0 Å². The molecule has 0 amide bonds. The highest BCUT2D eigenvalue weighted by Gasteiger charge is 2.23. The summed E-state index contributed by atoms with van der Waals surface area (Å²) >= 11 is 1.88. The van der Waals surface area contributed by atoms with E-state index in [0.29, 0.717) is 17.5 Å². The minimum atomic E-state index is 0.566. The Bertz CT molecular complexity index is 3660. The highest BCUT2D eigenvalue weighted by molar-refractivity contribution is 7.24. The van der Waals surface area contributed by atoms with Crippen LogP contribution < -0.4 is 0 Å². The van der Waals surface area contributed by atoms with Gasteiger partial charge in [0, 0.05) is 58.2 Å². The Morgan fingerprint density at radius 2 is 1.00 bits per heavy atom. The molecule has 0 atom stereocenters. The van der Waals surface area contributed by atoms with Gasteiger partial charge in [0.1, 0.15) is 11.2 Å². The smallest absolute Gasteiger partial charge is 0.167 e. The number of furan rings is 1. The zero-order valence-corrected chi connectivity index (χ0v) is 31.1. The minimum Gasteiger partial charge on any atom is -0.455 e. The van der Waals surface area contributed by atoms with Gasteiger partial charge in [0.15, 0.2) is 17.5 Å². The van der Waals surface area contributed by atoms with Crippen molar-refractivity contribution in [2.24, 2.45) is 0 Å². The number of hydrogen-bond donors (Lipinski definition) is 0. The summed E-state index contributed by atoms with van der Waals surface area (Å²) < 4.78 is 11.5. The van der Waals surface area contributed by atoms with E-state index in [0.717, 1.165) is 55.1 Å². The molecule has 5 nitrogen and oxygen atoms in total. The van der Waals surface area contributed by atoms with Gasteiger partial charge in [-0.3, -0.25) is 0 Å². The van der Waals surface area contributed by atoms with Gasteiger partial charge >= 0.3 is 0 Å². The van der Waals surface area contributed by atoms with E-state index in [1.165, 1.54) is 52.8 Å². The Morgan fingerprint density at radius 3 is 1.74 bits per heavy atom. The summed E-state index contributed by atoms with van der Waals surface area (Å²) in [6, 6.07) is 60.1. The van der Waals surface area contributed by atoms with Crippen molar-refractivity contribution in [3.05, 3.63) is 170 Å². The lowest BCUT2D eigenvalue weighted by atomic mass is 10.00. The van der Waals surface area contributed by atoms with Crippen molar-refractivity contribution in [1.29, 1.82) is 0 Å². The zero-order chi connectivity index (χ0) is 37.2. The molecule has 6 heteroatoms. The average Bonchev–Trinajstić information content (AvgIpc) is 3.77. The summed E-state index contributed by atoms with van der Waals surface area (Å²) in [5.74, 6) is 1.78. The Hall–Kier alpha value is -7.41. The molecule has 4 heterocycles.